The molecule has 5 heteroatoms. The van der Waals surface area contributed by atoms with Crippen molar-refractivity contribution in [2.45, 2.75) is 44.2 Å². The van der Waals surface area contributed by atoms with E-state index in [9.17, 15) is 9.90 Å². The maximum absolute atomic E-state index is 13.5. The van der Waals surface area contributed by atoms with Crippen LogP contribution in [0.5, 0.6) is 5.75 Å². The second-order valence-electron chi connectivity index (χ2n) is 7.94. The zero-order valence-electron chi connectivity index (χ0n) is 16.1. The molecule has 1 atom stereocenters. The third kappa shape index (κ3) is 3.63. The first-order valence-electron chi connectivity index (χ1n) is 10.1. The average molecular weight is 399 g/mol. The van der Waals surface area contributed by atoms with Crippen molar-refractivity contribution in [2.75, 3.05) is 19.6 Å². The van der Waals surface area contributed by atoms with E-state index in [4.69, 9.17) is 11.6 Å². The van der Waals surface area contributed by atoms with Gasteiger partial charge in [-0.05, 0) is 55.8 Å². The molecule has 2 aliphatic rings. The summed E-state index contributed by atoms with van der Waals surface area (Å²) in [6.45, 7) is 3.11. The number of carbonyl (C=O) groups is 1. The molecule has 4 nitrogen and oxygen atoms in total. The van der Waals surface area contributed by atoms with Crippen LogP contribution < -0.4 is 0 Å². The van der Waals surface area contributed by atoms with Gasteiger partial charge in [-0.1, -0.05) is 54.1 Å². The fourth-order valence-corrected chi connectivity index (χ4v) is 4.96. The maximum Gasteiger partial charge on any atom is 0.243 e. The van der Waals surface area contributed by atoms with E-state index in [1.165, 1.54) is 5.56 Å². The molecule has 2 fully saturated rings. The number of piperidine rings is 1. The average Bonchev–Trinajstić information content (AvgIpc) is 3.10. The van der Waals surface area contributed by atoms with E-state index in [0.717, 1.165) is 57.3 Å². The van der Waals surface area contributed by atoms with Crippen molar-refractivity contribution in [1.29, 1.82) is 0 Å². The van der Waals surface area contributed by atoms with Crippen LogP contribution in [0.1, 0.15) is 36.8 Å². The van der Waals surface area contributed by atoms with Gasteiger partial charge in [0.2, 0.25) is 5.91 Å². The molecule has 1 amide bonds. The molecule has 2 heterocycles. The Bertz CT molecular complexity index is 842. The summed E-state index contributed by atoms with van der Waals surface area (Å²) in [7, 11) is 0. The molecule has 0 aromatic heterocycles. The molecule has 28 heavy (non-hydrogen) atoms. The Morgan fingerprint density at radius 1 is 1.00 bits per heavy atom. The van der Waals surface area contributed by atoms with Crippen LogP contribution in [-0.4, -0.2) is 46.0 Å². The van der Waals surface area contributed by atoms with Crippen LogP contribution in [0, 0.1) is 0 Å². The van der Waals surface area contributed by atoms with Gasteiger partial charge in [0.25, 0.3) is 0 Å². The highest BCUT2D eigenvalue weighted by atomic mass is 35.5. The SMILES string of the molecule is O=C1N(CCc2ccccc2)CCCC12CCCN2Cc1cccc(O)c1Cl. The molecule has 2 aromatic rings. The second-order valence-corrected chi connectivity index (χ2v) is 8.32. The summed E-state index contributed by atoms with van der Waals surface area (Å²) in [6, 6.07) is 15.7. The van der Waals surface area contributed by atoms with Crippen LogP contribution in [0.15, 0.2) is 48.5 Å². The number of phenolic OH excluding ortho intramolecular Hbond substituents is 1. The number of rotatable bonds is 5. The molecule has 2 saturated heterocycles. The van der Waals surface area contributed by atoms with Crippen molar-refractivity contribution in [3.8, 4) is 5.75 Å². The highest BCUT2D eigenvalue weighted by Crippen LogP contribution is 2.40. The number of nitrogens with zero attached hydrogens (tertiary/aromatic N) is 2. The molecule has 2 aromatic carbocycles. The number of likely N-dealkylation sites (tertiary alicyclic amines) is 2. The van der Waals surface area contributed by atoms with Gasteiger partial charge in [-0.15, -0.1) is 0 Å². The first-order valence-corrected chi connectivity index (χ1v) is 10.5. The Kier molecular flexibility index (Phi) is 5.61. The molecule has 0 saturated carbocycles. The highest BCUT2D eigenvalue weighted by Gasteiger charge is 2.50. The predicted molar refractivity (Wildman–Crippen MR) is 111 cm³/mol. The lowest BCUT2D eigenvalue weighted by atomic mass is 9.85. The summed E-state index contributed by atoms with van der Waals surface area (Å²) in [5.74, 6) is 0.371. The molecule has 0 radical (unpaired) electrons. The molecule has 1 spiro atoms. The fraction of sp³-hybridized carbons (Fsp3) is 0.435. The minimum Gasteiger partial charge on any atom is -0.506 e. The first kappa shape index (κ1) is 19.3. The van der Waals surface area contributed by atoms with Gasteiger partial charge < -0.3 is 10.0 Å². The Balaban J connectivity index is 1.50. The van der Waals surface area contributed by atoms with Crippen LogP contribution in [0.3, 0.4) is 0 Å². The molecule has 148 valence electrons. The standard InChI is InChI=1S/C23H27ClN2O2/c24-21-19(9-4-10-20(21)27)17-26-15-6-13-23(26)12-5-14-25(22(23)28)16-11-18-7-2-1-3-8-18/h1-4,7-10,27H,5-6,11-17H2. The lowest BCUT2D eigenvalue weighted by molar-refractivity contribution is -0.147. The van der Waals surface area contributed by atoms with Crippen LogP contribution in [-0.2, 0) is 17.8 Å². The molecular weight excluding hydrogens is 372 g/mol. The number of amides is 1. The van der Waals surface area contributed by atoms with Crippen LogP contribution in [0.4, 0.5) is 0 Å². The summed E-state index contributed by atoms with van der Waals surface area (Å²) in [4.78, 5) is 17.9. The van der Waals surface area contributed by atoms with E-state index in [2.05, 4.69) is 21.9 Å². The molecule has 1 N–H and O–H groups in total. The van der Waals surface area contributed by atoms with Gasteiger partial charge >= 0.3 is 0 Å². The summed E-state index contributed by atoms with van der Waals surface area (Å²) >= 11 is 6.31. The predicted octanol–water partition coefficient (Wildman–Crippen LogP) is 4.25. The second kappa shape index (κ2) is 8.14. The zero-order chi connectivity index (χ0) is 19.6. The lowest BCUT2D eigenvalue weighted by Crippen LogP contribution is -2.59. The van der Waals surface area contributed by atoms with Gasteiger partial charge in [-0.3, -0.25) is 9.69 Å². The summed E-state index contributed by atoms with van der Waals surface area (Å²) < 4.78 is 0. The van der Waals surface area contributed by atoms with Crippen molar-refractivity contribution in [3.05, 3.63) is 64.7 Å². The number of aromatic hydroxyl groups is 1. The normalized spacial score (nSPS) is 22.9. The highest BCUT2D eigenvalue weighted by molar-refractivity contribution is 6.32. The van der Waals surface area contributed by atoms with Crippen molar-refractivity contribution < 1.29 is 9.90 Å². The van der Waals surface area contributed by atoms with E-state index in [-0.39, 0.29) is 11.7 Å². The van der Waals surface area contributed by atoms with Crippen molar-refractivity contribution >= 4 is 17.5 Å². The maximum atomic E-state index is 13.5. The summed E-state index contributed by atoms with van der Waals surface area (Å²) in [5.41, 5.74) is 1.74. The number of phenols is 1. The third-order valence-electron chi connectivity index (χ3n) is 6.26. The Labute approximate surface area is 171 Å². The molecule has 1 unspecified atom stereocenters. The number of hydrogen-bond donors (Lipinski definition) is 1. The van der Waals surface area contributed by atoms with Gasteiger partial charge in [-0.25, -0.2) is 0 Å². The van der Waals surface area contributed by atoms with Crippen molar-refractivity contribution in [2.24, 2.45) is 0 Å². The molecule has 4 rings (SSSR count). The van der Waals surface area contributed by atoms with Gasteiger partial charge in [0.1, 0.15) is 11.3 Å². The minimum atomic E-state index is -0.413. The van der Waals surface area contributed by atoms with E-state index >= 15 is 0 Å². The minimum absolute atomic E-state index is 0.104. The zero-order valence-corrected chi connectivity index (χ0v) is 16.9. The van der Waals surface area contributed by atoms with Crippen LogP contribution >= 0.6 is 11.6 Å². The monoisotopic (exact) mass is 398 g/mol. The summed E-state index contributed by atoms with van der Waals surface area (Å²) in [6.07, 6.45) is 4.76. The topological polar surface area (TPSA) is 43.8 Å². The largest absolute Gasteiger partial charge is 0.506 e. The fourth-order valence-electron chi connectivity index (χ4n) is 4.77. The van der Waals surface area contributed by atoms with Gasteiger partial charge in [0, 0.05) is 19.6 Å². The van der Waals surface area contributed by atoms with Crippen molar-refractivity contribution in [1.82, 2.24) is 9.80 Å². The van der Waals surface area contributed by atoms with E-state index < -0.39 is 5.54 Å². The molecule has 2 aliphatic heterocycles. The number of hydrogen-bond acceptors (Lipinski definition) is 3. The number of benzene rings is 2. The van der Waals surface area contributed by atoms with Gasteiger partial charge in [0.15, 0.2) is 0 Å². The van der Waals surface area contributed by atoms with E-state index in [1.54, 1.807) is 6.07 Å². The van der Waals surface area contributed by atoms with Gasteiger partial charge in [-0.2, -0.15) is 0 Å². The quantitative estimate of drug-likeness (QED) is 0.818. The smallest absolute Gasteiger partial charge is 0.243 e. The molecular formula is C23H27ClN2O2. The third-order valence-corrected chi connectivity index (χ3v) is 6.70. The van der Waals surface area contributed by atoms with E-state index in [1.807, 2.05) is 30.3 Å². The molecule has 0 bridgehead atoms. The Morgan fingerprint density at radius 3 is 2.54 bits per heavy atom. The van der Waals surface area contributed by atoms with Crippen LogP contribution in [0.2, 0.25) is 5.02 Å². The first-order chi connectivity index (χ1) is 13.6. The lowest BCUT2D eigenvalue weighted by Gasteiger charge is -2.45. The van der Waals surface area contributed by atoms with Crippen LogP contribution in [0.25, 0.3) is 0 Å². The Morgan fingerprint density at radius 2 is 1.75 bits per heavy atom. The molecule has 0 aliphatic carbocycles. The summed E-state index contributed by atoms with van der Waals surface area (Å²) in [5, 5.41) is 10.3. The van der Waals surface area contributed by atoms with Gasteiger partial charge in [0.05, 0.1) is 5.02 Å². The van der Waals surface area contributed by atoms with Crippen molar-refractivity contribution in [3.63, 3.8) is 0 Å². The number of halogens is 1. The van der Waals surface area contributed by atoms with E-state index in [0.29, 0.717) is 11.6 Å². The Hall–Kier alpha value is -2.04. The number of carbonyl (C=O) groups excluding carboxylic acids is 1.